The van der Waals surface area contributed by atoms with Crippen LogP contribution in [0.15, 0.2) is 59.1 Å². The molecule has 0 N–H and O–H groups in total. The molecule has 0 saturated heterocycles. The fourth-order valence-electron chi connectivity index (χ4n) is 1.37. The molecule has 2 rings (SSSR count). The fourth-order valence-corrected chi connectivity index (χ4v) is 1.37. The Kier molecular flexibility index (Phi) is 3.45. The Morgan fingerprint density at radius 2 is 1.94 bits per heavy atom. The molecule has 0 aliphatic rings. The first kappa shape index (κ1) is 11.3. The van der Waals surface area contributed by atoms with E-state index < -0.39 is 0 Å². The molecule has 86 valence electrons. The van der Waals surface area contributed by atoms with Crippen LogP contribution in [0.2, 0.25) is 0 Å². The Morgan fingerprint density at radius 1 is 1.18 bits per heavy atom. The smallest absolute Gasteiger partial charge is 0.169 e. The van der Waals surface area contributed by atoms with E-state index in [4.69, 9.17) is 0 Å². The average Bonchev–Trinajstić information content (AvgIpc) is 2.34. The lowest BCUT2D eigenvalue weighted by Crippen LogP contribution is -2.25. The van der Waals surface area contributed by atoms with Crippen molar-refractivity contribution in [2.45, 2.75) is 0 Å². The summed E-state index contributed by atoms with van der Waals surface area (Å²) >= 11 is 0. The Bertz CT molecular complexity index is 579. The van der Waals surface area contributed by atoms with Crippen molar-refractivity contribution in [3.8, 4) is 0 Å². The zero-order valence-corrected chi connectivity index (χ0v) is 9.99. The number of rotatable bonds is 2. The number of nitrogens with zero attached hydrogens (tertiary/aromatic N) is 4. The van der Waals surface area contributed by atoms with Crippen molar-refractivity contribution in [2.75, 3.05) is 0 Å². The van der Waals surface area contributed by atoms with Crippen molar-refractivity contribution in [1.82, 2.24) is 4.57 Å². The molecule has 4 heteroatoms. The second-order valence-corrected chi connectivity index (χ2v) is 3.81. The molecule has 2 aromatic rings. The summed E-state index contributed by atoms with van der Waals surface area (Å²) in [5, 5.41) is 8.22. The molecule has 0 saturated carbocycles. The molecule has 0 aliphatic carbocycles. The topological polar surface area (TPSA) is 33.5 Å². The maximum Gasteiger partial charge on any atom is 0.169 e. The second kappa shape index (κ2) is 5.21. The van der Waals surface area contributed by atoms with Crippen LogP contribution in [-0.4, -0.2) is 10.8 Å². The summed E-state index contributed by atoms with van der Waals surface area (Å²) in [6.45, 7) is 0. The van der Waals surface area contributed by atoms with Gasteiger partial charge in [0.2, 0.25) is 0 Å². The molecule has 17 heavy (non-hydrogen) atoms. The van der Waals surface area contributed by atoms with E-state index in [-0.39, 0.29) is 0 Å². The van der Waals surface area contributed by atoms with Crippen LogP contribution in [0, 0.1) is 0 Å². The SMILES string of the molecule is Cn1cccc/c1=N\N=C\c1cc[n+](C)cc1. The third kappa shape index (κ3) is 3.11. The lowest BCUT2D eigenvalue weighted by Gasteiger charge is -1.95. The Balaban J connectivity index is 2.20. The predicted octanol–water partition coefficient (Wildman–Crippen LogP) is 0.784. The van der Waals surface area contributed by atoms with Gasteiger partial charge in [0.1, 0.15) is 7.05 Å². The highest BCUT2D eigenvalue weighted by atomic mass is 15.2. The first-order valence-corrected chi connectivity index (χ1v) is 5.40. The van der Waals surface area contributed by atoms with Crippen molar-refractivity contribution < 1.29 is 4.57 Å². The standard InChI is InChI=1S/C13H15N4/c1-16-9-6-12(7-10-16)11-14-15-13-5-3-4-8-17(13)2/h3-11H,1-2H3/q+1. The van der Waals surface area contributed by atoms with Gasteiger partial charge in [-0.25, -0.2) is 4.57 Å². The van der Waals surface area contributed by atoms with Gasteiger partial charge >= 0.3 is 0 Å². The molecule has 0 unspecified atom stereocenters. The van der Waals surface area contributed by atoms with Crippen LogP contribution in [0.1, 0.15) is 5.56 Å². The molecule has 2 heterocycles. The Morgan fingerprint density at radius 3 is 2.65 bits per heavy atom. The molecule has 0 bridgehead atoms. The molecule has 0 spiro atoms. The van der Waals surface area contributed by atoms with E-state index in [1.807, 2.05) is 72.2 Å². The first-order chi connectivity index (χ1) is 8.25. The number of hydrogen-bond donors (Lipinski definition) is 0. The van der Waals surface area contributed by atoms with Crippen molar-refractivity contribution in [1.29, 1.82) is 0 Å². The lowest BCUT2D eigenvalue weighted by atomic mass is 10.3. The Labute approximate surface area is 100 Å². The van der Waals surface area contributed by atoms with Gasteiger partial charge in [-0.15, -0.1) is 5.10 Å². The van der Waals surface area contributed by atoms with Crippen LogP contribution in [0.4, 0.5) is 0 Å². The van der Waals surface area contributed by atoms with E-state index in [1.165, 1.54) is 0 Å². The highest BCUT2D eigenvalue weighted by Crippen LogP contribution is 1.89. The molecular weight excluding hydrogens is 212 g/mol. The number of pyridine rings is 2. The van der Waals surface area contributed by atoms with Gasteiger partial charge in [-0.05, 0) is 12.1 Å². The summed E-state index contributed by atoms with van der Waals surface area (Å²) in [7, 11) is 3.92. The van der Waals surface area contributed by atoms with E-state index in [9.17, 15) is 0 Å². The molecular formula is C13H15N4+. The van der Waals surface area contributed by atoms with E-state index >= 15 is 0 Å². The van der Waals surface area contributed by atoms with Crippen molar-refractivity contribution in [3.05, 3.63) is 60.0 Å². The normalized spacial score (nSPS) is 12.2. The van der Waals surface area contributed by atoms with E-state index in [1.54, 1.807) is 6.21 Å². The van der Waals surface area contributed by atoms with Crippen LogP contribution in [0.5, 0.6) is 0 Å². The third-order valence-electron chi connectivity index (χ3n) is 2.40. The van der Waals surface area contributed by atoms with Crippen LogP contribution < -0.4 is 10.1 Å². The summed E-state index contributed by atoms with van der Waals surface area (Å²) in [6.07, 6.45) is 7.64. The fraction of sp³-hybridized carbons (Fsp3) is 0.154. The molecule has 0 aromatic carbocycles. The minimum Gasteiger partial charge on any atom is -0.335 e. The number of aromatic nitrogens is 2. The van der Waals surface area contributed by atoms with Gasteiger partial charge in [-0.1, -0.05) is 6.07 Å². The lowest BCUT2D eigenvalue weighted by molar-refractivity contribution is -0.671. The van der Waals surface area contributed by atoms with Gasteiger partial charge in [0, 0.05) is 30.9 Å². The second-order valence-electron chi connectivity index (χ2n) is 3.81. The molecule has 0 atom stereocenters. The minimum absolute atomic E-state index is 0.824. The summed E-state index contributed by atoms with van der Waals surface area (Å²) in [5.74, 6) is 0. The summed E-state index contributed by atoms with van der Waals surface area (Å²) in [5.41, 5.74) is 1.86. The van der Waals surface area contributed by atoms with E-state index in [0.717, 1.165) is 11.1 Å². The van der Waals surface area contributed by atoms with Crippen LogP contribution in [0.25, 0.3) is 0 Å². The zero-order chi connectivity index (χ0) is 12.1. The van der Waals surface area contributed by atoms with E-state index in [2.05, 4.69) is 10.2 Å². The van der Waals surface area contributed by atoms with Crippen LogP contribution in [-0.2, 0) is 14.1 Å². The third-order valence-corrected chi connectivity index (χ3v) is 2.40. The highest BCUT2D eigenvalue weighted by Gasteiger charge is 1.91. The average molecular weight is 227 g/mol. The number of aryl methyl sites for hydroxylation is 2. The quantitative estimate of drug-likeness (QED) is 0.413. The monoisotopic (exact) mass is 227 g/mol. The molecule has 4 nitrogen and oxygen atoms in total. The summed E-state index contributed by atoms with van der Waals surface area (Å²) in [4.78, 5) is 0. The molecule has 0 fully saturated rings. The van der Waals surface area contributed by atoms with Gasteiger partial charge in [0.25, 0.3) is 0 Å². The largest absolute Gasteiger partial charge is 0.335 e. The maximum absolute atomic E-state index is 4.15. The predicted molar refractivity (Wildman–Crippen MR) is 66.2 cm³/mol. The maximum atomic E-state index is 4.15. The number of hydrogen-bond acceptors (Lipinski definition) is 2. The molecule has 0 radical (unpaired) electrons. The van der Waals surface area contributed by atoms with Crippen LogP contribution >= 0.6 is 0 Å². The first-order valence-electron chi connectivity index (χ1n) is 5.40. The Hall–Kier alpha value is -2.23. The summed E-state index contributed by atoms with van der Waals surface area (Å²) < 4.78 is 3.90. The van der Waals surface area contributed by atoms with Gasteiger partial charge in [-0.2, -0.15) is 5.10 Å². The van der Waals surface area contributed by atoms with Crippen molar-refractivity contribution in [3.63, 3.8) is 0 Å². The van der Waals surface area contributed by atoms with Gasteiger partial charge in [0.05, 0.1) is 6.21 Å². The van der Waals surface area contributed by atoms with Gasteiger partial charge in [0.15, 0.2) is 17.9 Å². The van der Waals surface area contributed by atoms with Crippen molar-refractivity contribution in [2.24, 2.45) is 24.3 Å². The highest BCUT2D eigenvalue weighted by molar-refractivity contribution is 5.78. The molecule has 0 amide bonds. The molecule has 0 aliphatic heterocycles. The van der Waals surface area contributed by atoms with Gasteiger partial charge < -0.3 is 4.57 Å². The minimum atomic E-state index is 0.824. The van der Waals surface area contributed by atoms with Crippen LogP contribution in [0.3, 0.4) is 0 Å². The van der Waals surface area contributed by atoms with Gasteiger partial charge in [-0.3, -0.25) is 0 Å². The zero-order valence-electron chi connectivity index (χ0n) is 9.99. The molecule has 2 aromatic heterocycles. The van der Waals surface area contributed by atoms with E-state index in [0.29, 0.717) is 0 Å². The summed E-state index contributed by atoms with van der Waals surface area (Å²) in [6, 6.07) is 9.80. The van der Waals surface area contributed by atoms with Crippen molar-refractivity contribution >= 4 is 6.21 Å².